The molecule has 1 saturated carbocycles. The summed E-state index contributed by atoms with van der Waals surface area (Å²) >= 11 is 11.9. The lowest BCUT2D eigenvalue weighted by atomic mass is 10.1. The summed E-state index contributed by atoms with van der Waals surface area (Å²) in [5, 5.41) is 0.401. The molecule has 1 aliphatic rings. The lowest BCUT2D eigenvalue weighted by Crippen LogP contribution is -2.30. The highest BCUT2D eigenvalue weighted by atomic mass is 35.5. The fraction of sp³-hybridized carbons (Fsp3) is 0.571. The van der Waals surface area contributed by atoms with Crippen molar-refractivity contribution in [2.24, 2.45) is 11.8 Å². The van der Waals surface area contributed by atoms with Gasteiger partial charge in [0.25, 0.3) is 0 Å². The van der Waals surface area contributed by atoms with Crippen molar-refractivity contribution in [1.29, 1.82) is 0 Å². The van der Waals surface area contributed by atoms with Gasteiger partial charge >= 0.3 is 0 Å². The molecule has 0 amide bonds. The standard InChI is InChI=1S/C14H19Cl2NO2S/c1-9-4-12(9)8-17(3)20(18,19)14-6-13(16)5-11(7-15)10(14)2/h5-6,9,12H,4,7-8H2,1-3H3. The highest BCUT2D eigenvalue weighted by molar-refractivity contribution is 7.89. The molecule has 0 radical (unpaired) electrons. The summed E-state index contributed by atoms with van der Waals surface area (Å²) in [7, 11) is -1.89. The molecule has 0 heterocycles. The van der Waals surface area contributed by atoms with Gasteiger partial charge in [-0.3, -0.25) is 0 Å². The Morgan fingerprint density at radius 1 is 1.40 bits per heavy atom. The van der Waals surface area contributed by atoms with Crippen molar-refractivity contribution in [3.63, 3.8) is 0 Å². The molecule has 20 heavy (non-hydrogen) atoms. The molecule has 1 aromatic rings. The minimum atomic E-state index is -3.51. The van der Waals surface area contributed by atoms with E-state index in [1.165, 1.54) is 10.4 Å². The summed E-state index contributed by atoms with van der Waals surface area (Å²) in [5.41, 5.74) is 1.44. The van der Waals surface area contributed by atoms with Gasteiger partial charge in [0.2, 0.25) is 10.0 Å². The monoisotopic (exact) mass is 335 g/mol. The molecule has 2 unspecified atom stereocenters. The van der Waals surface area contributed by atoms with Crippen molar-refractivity contribution in [3.8, 4) is 0 Å². The largest absolute Gasteiger partial charge is 0.243 e. The van der Waals surface area contributed by atoms with Crippen LogP contribution in [0.5, 0.6) is 0 Å². The molecule has 0 bridgehead atoms. The molecule has 0 spiro atoms. The number of benzene rings is 1. The molecule has 6 heteroatoms. The Bertz CT molecular complexity index is 616. The van der Waals surface area contributed by atoms with Crippen molar-refractivity contribution in [2.45, 2.75) is 31.0 Å². The predicted molar refractivity (Wildman–Crippen MR) is 82.8 cm³/mol. The number of hydrogen-bond acceptors (Lipinski definition) is 2. The van der Waals surface area contributed by atoms with Crippen LogP contribution in [0.3, 0.4) is 0 Å². The molecule has 0 aliphatic heterocycles. The maximum atomic E-state index is 12.7. The Hall–Kier alpha value is -0.290. The van der Waals surface area contributed by atoms with Crippen molar-refractivity contribution in [3.05, 3.63) is 28.3 Å². The van der Waals surface area contributed by atoms with Crippen LogP contribution in [-0.2, 0) is 15.9 Å². The lowest BCUT2D eigenvalue weighted by molar-refractivity contribution is 0.444. The molecule has 0 aromatic heterocycles. The van der Waals surface area contributed by atoms with Crippen molar-refractivity contribution in [2.75, 3.05) is 13.6 Å². The molecule has 1 aromatic carbocycles. The summed E-state index contributed by atoms with van der Waals surface area (Å²) in [6.45, 7) is 4.47. The maximum Gasteiger partial charge on any atom is 0.243 e. The van der Waals surface area contributed by atoms with Crippen molar-refractivity contribution >= 4 is 33.2 Å². The number of hydrogen-bond donors (Lipinski definition) is 0. The third-order valence-electron chi connectivity index (χ3n) is 4.03. The van der Waals surface area contributed by atoms with Crippen molar-refractivity contribution < 1.29 is 8.42 Å². The first-order valence-corrected chi connectivity index (χ1v) is 8.94. The van der Waals surface area contributed by atoms with E-state index in [4.69, 9.17) is 23.2 Å². The van der Waals surface area contributed by atoms with Gasteiger partial charge in [-0.25, -0.2) is 12.7 Å². The van der Waals surface area contributed by atoms with Crippen LogP contribution >= 0.6 is 23.2 Å². The fourth-order valence-corrected chi connectivity index (χ4v) is 4.47. The molecular formula is C14H19Cl2NO2S. The molecule has 2 rings (SSSR count). The molecule has 2 atom stereocenters. The summed E-state index contributed by atoms with van der Waals surface area (Å²) in [6.07, 6.45) is 1.10. The van der Waals surface area contributed by atoms with E-state index in [1.807, 2.05) is 0 Å². The Morgan fingerprint density at radius 3 is 2.50 bits per heavy atom. The van der Waals surface area contributed by atoms with E-state index in [0.29, 0.717) is 29.0 Å². The summed E-state index contributed by atoms with van der Waals surface area (Å²) in [4.78, 5) is 0.261. The molecule has 0 saturated heterocycles. The van der Waals surface area contributed by atoms with E-state index in [2.05, 4.69) is 6.92 Å². The number of nitrogens with zero attached hydrogens (tertiary/aromatic N) is 1. The zero-order chi connectivity index (χ0) is 15.1. The minimum absolute atomic E-state index is 0.248. The Morgan fingerprint density at radius 2 is 2.00 bits per heavy atom. The SMILES string of the molecule is Cc1c(CCl)cc(Cl)cc1S(=O)(=O)N(C)CC1CC1C. The summed E-state index contributed by atoms with van der Waals surface area (Å²) in [6, 6.07) is 3.22. The second-order valence-electron chi connectivity index (χ2n) is 5.58. The van der Waals surface area contributed by atoms with Crippen LogP contribution in [0.15, 0.2) is 17.0 Å². The van der Waals surface area contributed by atoms with Gasteiger partial charge in [-0.15, -0.1) is 11.6 Å². The summed E-state index contributed by atoms with van der Waals surface area (Å²) in [5.74, 6) is 1.34. The minimum Gasteiger partial charge on any atom is -0.207 e. The Labute approximate surface area is 130 Å². The van der Waals surface area contributed by atoms with E-state index in [-0.39, 0.29) is 10.8 Å². The topological polar surface area (TPSA) is 37.4 Å². The van der Waals surface area contributed by atoms with Gasteiger partial charge in [-0.05, 0) is 48.4 Å². The molecule has 3 nitrogen and oxygen atoms in total. The van der Waals surface area contributed by atoms with Crippen LogP contribution in [0.2, 0.25) is 5.02 Å². The van der Waals surface area contributed by atoms with E-state index < -0.39 is 10.0 Å². The number of sulfonamides is 1. The van der Waals surface area contributed by atoms with E-state index in [1.54, 1.807) is 20.0 Å². The van der Waals surface area contributed by atoms with Gasteiger partial charge in [-0.2, -0.15) is 0 Å². The van der Waals surface area contributed by atoms with Gasteiger partial charge in [0.1, 0.15) is 0 Å². The van der Waals surface area contributed by atoms with E-state index in [0.717, 1.165) is 12.0 Å². The molecular weight excluding hydrogens is 317 g/mol. The highest BCUT2D eigenvalue weighted by Gasteiger charge is 2.36. The smallest absolute Gasteiger partial charge is 0.207 e. The zero-order valence-electron chi connectivity index (χ0n) is 11.9. The number of alkyl halides is 1. The average Bonchev–Trinajstić information content (AvgIpc) is 3.07. The normalized spacial score (nSPS) is 22.3. The van der Waals surface area contributed by atoms with Gasteiger partial charge in [-0.1, -0.05) is 18.5 Å². The van der Waals surface area contributed by atoms with Crippen molar-refractivity contribution in [1.82, 2.24) is 4.31 Å². The predicted octanol–water partition coefficient (Wildman–Crippen LogP) is 3.66. The first-order chi connectivity index (χ1) is 9.27. The van der Waals surface area contributed by atoms with Crippen LogP contribution in [0.1, 0.15) is 24.5 Å². The van der Waals surface area contributed by atoms with E-state index in [9.17, 15) is 8.42 Å². The third kappa shape index (κ3) is 3.14. The first kappa shape index (κ1) is 16.1. The average molecular weight is 336 g/mol. The number of halogens is 2. The first-order valence-electron chi connectivity index (χ1n) is 6.58. The second kappa shape index (κ2) is 5.84. The van der Waals surface area contributed by atoms with Crippen LogP contribution in [0.25, 0.3) is 0 Å². The Balaban J connectivity index is 2.35. The number of rotatable bonds is 5. The summed E-state index contributed by atoms with van der Waals surface area (Å²) < 4.78 is 26.8. The van der Waals surface area contributed by atoms with Crippen LogP contribution in [0.4, 0.5) is 0 Å². The highest BCUT2D eigenvalue weighted by Crippen LogP contribution is 2.39. The van der Waals surface area contributed by atoms with E-state index >= 15 is 0 Å². The fourth-order valence-electron chi connectivity index (χ4n) is 2.36. The van der Waals surface area contributed by atoms with Gasteiger partial charge in [0.15, 0.2) is 0 Å². The molecule has 1 aliphatic carbocycles. The van der Waals surface area contributed by atoms with Gasteiger partial charge in [0.05, 0.1) is 4.90 Å². The van der Waals surface area contributed by atoms with Crippen LogP contribution in [-0.4, -0.2) is 26.3 Å². The second-order valence-corrected chi connectivity index (χ2v) is 8.30. The van der Waals surface area contributed by atoms with Gasteiger partial charge < -0.3 is 0 Å². The lowest BCUT2D eigenvalue weighted by Gasteiger charge is -2.20. The zero-order valence-corrected chi connectivity index (χ0v) is 14.2. The molecule has 1 fully saturated rings. The maximum absolute atomic E-state index is 12.7. The Kier molecular flexibility index (Phi) is 4.69. The van der Waals surface area contributed by atoms with Crippen LogP contribution in [0, 0.1) is 18.8 Å². The quantitative estimate of drug-likeness (QED) is 0.770. The van der Waals surface area contributed by atoms with Crippen LogP contribution < -0.4 is 0 Å². The molecule has 112 valence electrons. The third-order valence-corrected chi connectivity index (χ3v) is 6.49. The van der Waals surface area contributed by atoms with Gasteiger partial charge in [0, 0.05) is 24.5 Å². The molecule has 0 N–H and O–H groups in total.